The number of benzene rings is 4. The number of carbonyl (C=O) groups is 1. The maximum atomic E-state index is 14.6. The first-order valence-corrected chi connectivity index (χ1v) is 17.6. The van der Waals surface area contributed by atoms with Gasteiger partial charge < -0.3 is 20.5 Å². The average Bonchev–Trinajstić information content (AvgIpc) is 3.76. The maximum absolute atomic E-state index is 14.6. The molecule has 0 bridgehead atoms. The molecule has 11 heteroatoms. The number of sulfone groups is 1. The predicted octanol–water partition coefficient (Wildman–Crippen LogP) is 6.43. The van der Waals surface area contributed by atoms with E-state index in [1.807, 2.05) is 31.2 Å². The van der Waals surface area contributed by atoms with E-state index in [9.17, 15) is 18.5 Å². The number of allylic oxidation sites excluding steroid dienone is 3. The Morgan fingerprint density at radius 3 is 2.53 bits per heavy atom. The number of nitriles is 1. The second-order valence-electron chi connectivity index (χ2n) is 12.3. The molecule has 0 fully saturated rings. The topological polar surface area (TPSA) is 149 Å². The van der Waals surface area contributed by atoms with E-state index in [1.54, 1.807) is 104 Å². The third-order valence-corrected chi connectivity index (χ3v) is 11.5. The minimum absolute atomic E-state index is 0.104. The number of Topliss-reactive ketones (excluding diaryl/α,β-unsaturated/α-hetero) is 1. The van der Waals surface area contributed by atoms with Crippen LogP contribution in [0.3, 0.4) is 0 Å². The number of ether oxygens (including phenoxy) is 2. The van der Waals surface area contributed by atoms with Crippen molar-refractivity contribution in [2.45, 2.75) is 29.0 Å². The van der Waals surface area contributed by atoms with Crippen LogP contribution in [0.4, 0.5) is 5.82 Å². The summed E-state index contributed by atoms with van der Waals surface area (Å²) in [5.41, 5.74) is 10.5. The number of nitrogens with one attached hydrogen (secondary N) is 1. The summed E-state index contributed by atoms with van der Waals surface area (Å²) in [4.78, 5) is 14.3. The molecule has 0 saturated heterocycles. The minimum Gasteiger partial charge on any atom is -0.497 e. The average molecular weight is 696 g/mol. The molecule has 1 aliphatic heterocycles. The highest BCUT2D eigenvalue weighted by Gasteiger charge is 2.50. The van der Waals surface area contributed by atoms with Crippen molar-refractivity contribution < 1.29 is 22.7 Å². The molecule has 51 heavy (non-hydrogen) atoms. The lowest BCUT2D eigenvalue weighted by Gasteiger charge is -2.34. The molecule has 2 atom stereocenters. The second kappa shape index (κ2) is 13.2. The van der Waals surface area contributed by atoms with Crippen molar-refractivity contribution in [3.63, 3.8) is 0 Å². The largest absolute Gasteiger partial charge is 0.497 e. The summed E-state index contributed by atoms with van der Waals surface area (Å²) >= 11 is 0. The molecule has 10 nitrogen and oxygen atoms in total. The van der Waals surface area contributed by atoms with Crippen molar-refractivity contribution in [1.29, 1.82) is 5.26 Å². The Balaban J connectivity index is 1.21. The number of anilines is 1. The number of hydrogen-bond acceptors (Lipinski definition) is 9. The van der Waals surface area contributed by atoms with Gasteiger partial charge in [0.25, 0.3) is 0 Å². The summed E-state index contributed by atoms with van der Waals surface area (Å²) in [7, 11) is -2.47. The zero-order valence-corrected chi connectivity index (χ0v) is 28.6. The Labute approximate surface area is 295 Å². The van der Waals surface area contributed by atoms with Crippen LogP contribution in [0.1, 0.15) is 27.0 Å². The maximum Gasteiger partial charge on any atom is 0.194 e. The van der Waals surface area contributed by atoms with Crippen LogP contribution in [-0.4, -0.2) is 41.9 Å². The van der Waals surface area contributed by atoms with Gasteiger partial charge in [-0.2, -0.15) is 10.4 Å². The fraction of sp³-hybridized carbons (Fsp3) is 0.125. The van der Waals surface area contributed by atoms with Gasteiger partial charge in [0.2, 0.25) is 0 Å². The van der Waals surface area contributed by atoms with Gasteiger partial charge in [-0.1, -0.05) is 48.6 Å². The van der Waals surface area contributed by atoms with Crippen molar-refractivity contribution in [3.05, 3.63) is 161 Å². The minimum atomic E-state index is -4.04. The highest BCUT2D eigenvalue weighted by Crippen LogP contribution is 2.44. The molecule has 2 heterocycles. The van der Waals surface area contributed by atoms with Crippen molar-refractivity contribution in [3.8, 4) is 29.0 Å². The molecule has 2 unspecified atom stereocenters. The molecule has 7 rings (SSSR count). The van der Waals surface area contributed by atoms with Crippen LogP contribution in [-0.2, 0) is 16.3 Å². The molecule has 0 radical (unpaired) electrons. The van der Waals surface area contributed by atoms with Crippen LogP contribution in [0.15, 0.2) is 144 Å². The lowest BCUT2D eigenvalue weighted by molar-refractivity contribution is 0.0971. The molecule has 1 aliphatic carbocycles. The number of aromatic nitrogens is 2. The number of aryl methyl sites for hydroxylation is 1. The van der Waals surface area contributed by atoms with E-state index in [0.717, 1.165) is 11.1 Å². The zero-order chi connectivity index (χ0) is 35.8. The van der Waals surface area contributed by atoms with Gasteiger partial charge in [-0.15, -0.1) is 0 Å². The van der Waals surface area contributed by atoms with Gasteiger partial charge in [0.1, 0.15) is 33.9 Å². The standard InChI is InChI=1S/C40H33N5O5S/c1-26-19-31(50-30-12-7-10-28(21-30)24-41)16-17-37(26)45-39(42)33(25-43-45)38(46)36-22-34-35(44-36)15-8-18-40(34,23-27-9-6-11-29(20-27)49-2)51(47,48)32-13-4-3-5-14-32/h3-22,25,36,44H,23,42H2,1-2H3. The highest BCUT2D eigenvalue weighted by atomic mass is 32.2. The number of fused-ring (bicyclic) bond motifs is 1. The summed E-state index contributed by atoms with van der Waals surface area (Å²) < 4.78 is 40.6. The third kappa shape index (κ3) is 5.96. The molecule has 5 aromatic rings. The molecule has 0 spiro atoms. The van der Waals surface area contributed by atoms with Gasteiger partial charge in [-0.05, 0) is 96.4 Å². The van der Waals surface area contributed by atoms with Gasteiger partial charge >= 0.3 is 0 Å². The van der Waals surface area contributed by atoms with Crippen molar-refractivity contribution >= 4 is 21.4 Å². The molecule has 0 amide bonds. The Morgan fingerprint density at radius 2 is 1.76 bits per heavy atom. The van der Waals surface area contributed by atoms with Crippen LogP contribution in [0.5, 0.6) is 17.2 Å². The Bertz CT molecular complexity index is 2420. The summed E-state index contributed by atoms with van der Waals surface area (Å²) in [6.45, 7) is 1.87. The Hall–Kier alpha value is -6.38. The highest BCUT2D eigenvalue weighted by molar-refractivity contribution is 7.93. The van der Waals surface area contributed by atoms with E-state index in [2.05, 4.69) is 16.5 Å². The van der Waals surface area contributed by atoms with E-state index in [0.29, 0.717) is 39.8 Å². The number of ketones is 1. The van der Waals surface area contributed by atoms with Gasteiger partial charge in [0, 0.05) is 12.1 Å². The van der Waals surface area contributed by atoms with Crippen LogP contribution >= 0.6 is 0 Å². The smallest absolute Gasteiger partial charge is 0.194 e. The Kier molecular flexibility index (Phi) is 8.54. The molecule has 3 N–H and O–H groups in total. The zero-order valence-electron chi connectivity index (χ0n) is 27.8. The van der Waals surface area contributed by atoms with Crippen LogP contribution < -0.4 is 20.5 Å². The van der Waals surface area contributed by atoms with Gasteiger partial charge in [-0.3, -0.25) is 4.79 Å². The number of nitrogens with two attached hydrogens (primary N) is 1. The first-order valence-electron chi connectivity index (χ1n) is 16.1. The SMILES string of the molecule is COc1cccc(CC2(S(=O)(=O)c3ccccc3)C=CC=C3NC(C(=O)c4cnn(-c5ccc(Oc6cccc(C#N)c6)cc5C)c4N)C=C32)c1. The van der Waals surface area contributed by atoms with E-state index in [1.165, 1.54) is 10.9 Å². The van der Waals surface area contributed by atoms with Gasteiger partial charge in [0.15, 0.2) is 15.6 Å². The van der Waals surface area contributed by atoms with Gasteiger partial charge in [0.05, 0.1) is 41.1 Å². The number of hydrogen-bond donors (Lipinski definition) is 2. The monoisotopic (exact) mass is 695 g/mol. The number of nitrogen functional groups attached to an aromatic ring is 1. The van der Waals surface area contributed by atoms with Crippen molar-refractivity contribution in [2.24, 2.45) is 0 Å². The fourth-order valence-corrected chi connectivity index (χ4v) is 8.58. The summed E-state index contributed by atoms with van der Waals surface area (Å²) in [5.74, 6) is 1.48. The first-order chi connectivity index (χ1) is 24.6. The predicted molar refractivity (Wildman–Crippen MR) is 194 cm³/mol. The first kappa shape index (κ1) is 33.1. The molecular formula is C40H33N5O5S. The number of rotatable bonds is 10. The lowest BCUT2D eigenvalue weighted by Crippen LogP contribution is -2.43. The summed E-state index contributed by atoms with van der Waals surface area (Å²) in [6.07, 6.45) is 8.41. The number of methoxy groups -OCH3 is 1. The molecule has 1 aromatic heterocycles. The Morgan fingerprint density at radius 1 is 1.00 bits per heavy atom. The van der Waals surface area contributed by atoms with Crippen molar-refractivity contribution in [2.75, 3.05) is 12.8 Å². The third-order valence-electron chi connectivity index (χ3n) is 9.10. The molecule has 4 aromatic carbocycles. The van der Waals surface area contributed by atoms with E-state index < -0.39 is 20.6 Å². The quantitative estimate of drug-likeness (QED) is 0.158. The normalized spacial score (nSPS) is 17.8. The molecule has 2 aliphatic rings. The summed E-state index contributed by atoms with van der Waals surface area (Å²) in [5, 5.41) is 16.9. The molecule has 0 saturated carbocycles. The van der Waals surface area contributed by atoms with Crippen molar-refractivity contribution in [1.82, 2.24) is 15.1 Å². The van der Waals surface area contributed by atoms with E-state index in [-0.39, 0.29) is 28.5 Å². The lowest BCUT2D eigenvalue weighted by atomic mass is 9.86. The molecule has 254 valence electrons. The van der Waals surface area contributed by atoms with Gasteiger partial charge in [-0.25, -0.2) is 13.1 Å². The second-order valence-corrected chi connectivity index (χ2v) is 14.5. The van der Waals surface area contributed by atoms with Crippen LogP contribution in [0.25, 0.3) is 5.69 Å². The molecular weight excluding hydrogens is 663 g/mol. The van der Waals surface area contributed by atoms with Crippen LogP contribution in [0, 0.1) is 18.3 Å². The number of nitrogens with zero attached hydrogens (tertiary/aromatic N) is 3. The fourth-order valence-electron chi connectivity index (χ4n) is 6.56. The van der Waals surface area contributed by atoms with E-state index >= 15 is 0 Å². The van der Waals surface area contributed by atoms with E-state index in [4.69, 9.17) is 15.2 Å². The summed E-state index contributed by atoms with van der Waals surface area (Å²) in [6, 6.07) is 29.1. The van der Waals surface area contributed by atoms with Crippen LogP contribution in [0.2, 0.25) is 0 Å². The number of carbonyl (C=O) groups excluding carboxylic acids is 1.